The minimum absolute atomic E-state index is 0.0365. The molecule has 0 radical (unpaired) electrons. The first-order valence-corrected chi connectivity index (χ1v) is 13.4. The number of aromatic nitrogens is 1. The van der Waals surface area contributed by atoms with E-state index in [1.54, 1.807) is 37.4 Å². The molecule has 3 aromatic carbocycles. The fourth-order valence-corrected chi connectivity index (χ4v) is 5.26. The number of rotatable bonds is 9. The summed E-state index contributed by atoms with van der Waals surface area (Å²) in [5.74, 6) is -2.37. The molecule has 216 valence electrons. The van der Waals surface area contributed by atoms with Gasteiger partial charge in [-0.25, -0.2) is 0 Å². The summed E-state index contributed by atoms with van der Waals surface area (Å²) in [6, 6.07) is 17.9. The summed E-state index contributed by atoms with van der Waals surface area (Å²) < 4.78 is 16.9. The number of phenolic OH excluding ortho intramolecular Hbond substituents is 2. The lowest BCUT2D eigenvalue weighted by Crippen LogP contribution is -2.14. The lowest BCUT2D eigenvalue weighted by Gasteiger charge is -2.25. The van der Waals surface area contributed by atoms with Gasteiger partial charge in [0, 0.05) is 34.4 Å². The number of ketones is 1. The Balaban J connectivity index is 1.64. The zero-order valence-electron chi connectivity index (χ0n) is 23.5. The molecule has 0 fully saturated rings. The predicted octanol–water partition coefficient (Wildman–Crippen LogP) is 5.60. The van der Waals surface area contributed by atoms with Crippen LogP contribution in [0.5, 0.6) is 23.0 Å². The predicted molar refractivity (Wildman–Crippen MR) is 153 cm³/mol. The van der Waals surface area contributed by atoms with Crippen LogP contribution in [-0.4, -0.2) is 39.2 Å². The summed E-state index contributed by atoms with van der Waals surface area (Å²) >= 11 is 0. The number of ether oxygens (including phenoxy) is 3. The highest BCUT2D eigenvalue weighted by atomic mass is 16.5. The monoisotopic (exact) mass is 569 g/mol. The van der Waals surface area contributed by atoms with Crippen LogP contribution in [0.15, 0.2) is 66.9 Å². The summed E-state index contributed by atoms with van der Waals surface area (Å²) in [6.45, 7) is 3.37. The Morgan fingerprint density at radius 1 is 1.02 bits per heavy atom. The van der Waals surface area contributed by atoms with E-state index in [2.05, 4.69) is 4.98 Å². The number of nitrogens with zero attached hydrogens (tertiary/aromatic N) is 1. The highest BCUT2D eigenvalue weighted by molar-refractivity contribution is 5.98. The van der Waals surface area contributed by atoms with Crippen molar-refractivity contribution < 1.29 is 39.1 Å². The maximum atomic E-state index is 12.7. The van der Waals surface area contributed by atoms with E-state index in [0.29, 0.717) is 34.7 Å². The molecule has 4 aromatic rings. The minimum Gasteiger partial charge on any atom is -0.507 e. The zero-order chi connectivity index (χ0) is 30.0. The molecule has 0 unspecified atom stereocenters. The molecule has 0 saturated heterocycles. The number of carbonyl (C=O) groups excluding carboxylic acids is 2. The van der Waals surface area contributed by atoms with Crippen molar-refractivity contribution in [2.45, 2.75) is 45.5 Å². The number of pyridine rings is 1. The highest BCUT2D eigenvalue weighted by Gasteiger charge is 2.36. The maximum Gasteiger partial charge on any atom is 0.306 e. The number of phenols is 2. The summed E-state index contributed by atoms with van der Waals surface area (Å²) in [5, 5.41) is 33.9. The van der Waals surface area contributed by atoms with Crippen LogP contribution in [0.3, 0.4) is 0 Å². The molecule has 1 aromatic heterocycles. The third-order valence-corrected chi connectivity index (χ3v) is 7.48. The molecule has 2 heterocycles. The molecule has 1 aliphatic rings. The van der Waals surface area contributed by atoms with Crippen LogP contribution in [0, 0.1) is 6.92 Å². The summed E-state index contributed by atoms with van der Waals surface area (Å²) in [5.41, 5.74) is 3.01. The maximum absolute atomic E-state index is 12.7. The Labute approximate surface area is 243 Å². The van der Waals surface area contributed by atoms with Gasteiger partial charge in [-0.05, 0) is 43.2 Å². The van der Waals surface area contributed by atoms with E-state index in [-0.39, 0.29) is 41.2 Å². The van der Waals surface area contributed by atoms with Crippen molar-refractivity contribution >= 4 is 11.8 Å². The van der Waals surface area contributed by atoms with Crippen molar-refractivity contribution in [3.63, 3.8) is 0 Å². The summed E-state index contributed by atoms with van der Waals surface area (Å²) in [7, 11) is 1.25. The average Bonchev–Trinajstić information content (AvgIpc) is 3.42. The first-order chi connectivity index (χ1) is 20.2. The smallest absolute Gasteiger partial charge is 0.306 e. The van der Waals surface area contributed by atoms with Gasteiger partial charge in [-0.1, -0.05) is 42.5 Å². The number of carbonyl (C=O) groups is 2. The van der Waals surface area contributed by atoms with E-state index >= 15 is 0 Å². The van der Waals surface area contributed by atoms with Crippen molar-refractivity contribution in [2.24, 2.45) is 0 Å². The molecule has 0 aliphatic carbocycles. The molecule has 9 nitrogen and oxygen atoms in total. The molecule has 0 spiro atoms. The molecule has 3 N–H and O–H groups in total. The van der Waals surface area contributed by atoms with E-state index in [1.807, 2.05) is 30.3 Å². The van der Waals surface area contributed by atoms with Gasteiger partial charge in [-0.3, -0.25) is 14.6 Å². The normalized spacial score (nSPS) is 14.7. The largest absolute Gasteiger partial charge is 0.507 e. The quantitative estimate of drug-likeness (QED) is 0.174. The number of benzene rings is 3. The van der Waals surface area contributed by atoms with Gasteiger partial charge in [0.05, 0.1) is 31.4 Å². The number of aryl methyl sites for hydroxylation is 1. The van der Waals surface area contributed by atoms with Crippen LogP contribution in [-0.2, 0) is 27.5 Å². The standard InChI is InChI=1S/C33H31NO8/c1-18-30(37)28-22(15-34-18)17-42-33(28)26-13-24(19(2)35)31(38)29(32(26)39)25(14-27(36)40-3)21-10-7-11-23(12-21)41-16-20-8-5-4-6-9-20/h4-13,15,25,33,37-39H,14,16-17H2,1-3H3/t25-,33-/m1/s1. The molecule has 2 atom stereocenters. The molecule has 9 heteroatoms. The van der Waals surface area contributed by atoms with Crippen molar-refractivity contribution in [3.05, 3.63) is 111 Å². The number of aromatic hydroxyl groups is 3. The van der Waals surface area contributed by atoms with Crippen LogP contribution >= 0.6 is 0 Å². The molecule has 0 saturated carbocycles. The van der Waals surface area contributed by atoms with Gasteiger partial charge in [-0.15, -0.1) is 0 Å². The van der Waals surface area contributed by atoms with Crippen molar-refractivity contribution in [3.8, 4) is 23.0 Å². The first kappa shape index (κ1) is 28.6. The molecule has 1 aliphatic heterocycles. The summed E-state index contributed by atoms with van der Waals surface area (Å²) in [6.07, 6.45) is 0.394. The second kappa shape index (κ2) is 11.9. The Bertz CT molecular complexity index is 1650. The van der Waals surface area contributed by atoms with Crippen LogP contribution in [0.1, 0.15) is 74.8 Å². The van der Waals surface area contributed by atoms with Crippen molar-refractivity contribution in [2.75, 3.05) is 7.11 Å². The van der Waals surface area contributed by atoms with Crippen LogP contribution in [0.4, 0.5) is 0 Å². The Morgan fingerprint density at radius 3 is 2.50 bits per heavy atom. The number of esters is 1. The Hall–Kier alpha value is -4.89. The Morgan fingerprint density at radius 2 is 1.79 bits per heavy atom. The van der Waals surface area contributed by atoms with Gasteiger partial charge < -0.3 is 29.5 Å². The molecular weight excluding hydrogens is 538 g/mol. The molecule has 5 rings (SSSR count). The topological polar surface area (TPSA) is 135 Å². The lowest BCUT2D eigenvalue weighted by molar-refractivity contribution is -0.140. The van der Waals surface area contributed by atoms with Crippen molar-refractivity contribution in [1.29, 1.82) is 0 Å². The van der Waals surface area contributed by atoms with Crippen molar-refractivity contribution in [1.82, 2.24) is 4.98 Å². The zero-order valence-corrected chi connectivity index (χ0v) is 23.5. The number of hydrogen-bond donors (Lipinski definition) is 3. The Kier molecular flexibility index (Phi) is 8.13. The number of Topliss-reactive ketones (excluding diaryl/α,β-unsaturated/α-hetero) is 1. The van der Waals surface area contributed by atoms with Gasteiger partial charge in [-0.2, -0.15) is 0 Å². The van der Waals surface area contributed by atoms with Crippen LogP contribution in [0.2, 0.25) is 0 Å². The first-order valence-electron chi connectivity index (χ1n) is 13.4. The molecule has 42 heavy (non-hydrogen) atoms. The highest BCUT2D eigenvalue weighted by Crippen LogP contribution is 2.50. The SMILES string of the molecule is COC(=O)C[C@H](c1cccc(OCc2ccccc2)c1)c1c(O)c(C(C)=O)cc([C@H]2OCc3cnc(C)c(O)c32)c1O. The van der Waals surface area contributed by atoms with E-state index in [9.17, 15) is 24.9 Å². The molecule has 0 amide bonds. The lowest BCUT2D eigenvalue weighted by atomic mass is 9.83. The number of methoxy groups -OCH3 is 1. The van der Waals surface area contributed by atoms with Gasteiger partial charge in [0.1, 0.15) is 35.7 Å². The number of hydrogen-bond acceptors (Lipinski definition) is 9. The minimum atomic E-state index is -0.946. The van der Waals surface area contributed by atoms with E-state index < -0.39 is 29.5 Å². The van der Waals surface area contributed by atoms with Crippen LogP contribution < -0.4 is 4.74 Å². The molecule has 0 bridgehead atoms. The van der Waals surface area contributed by atoms with Gasteiger partial charge in [0.2, 0.25) is 0 Å². The van der Waals surface area contributed by atoms with Gasteiger partial charge in [0.25, 0.3) is 0 Å². The van der Waals surface area contributed by atoms with Gasteiger partial charge in [0.15, 0.2) is 5.78 Å². The summed E-state index contributed by atoms with van der Waals surface area (Å²) in [4.78, 5) is 29.5. The second-order valence-corrected chi connectivity index (χ2v) is 10.2. The van der Waals surface area contributed by atoms with E-state index in [4.69, 9.17) is 14.2 Å². The van der Waals surface area contributed by atoms with E-state index in [0.717, 1.165) is 5.56 Å². The van der Waals surface area contributed by atoms with Gasteiger partial charge >= 0.3 is 5.97 Å². The third-order valence-electron chi connectivity index (χ3n) is 7.48. The fraction of sp³-hybridized carbons (Fsp3) is 0.242. The average molecular weight is 570 g/mol. The molecular formula is C33H31NO8. The number of fused-ring (bicyclic) bond motifs is 1. The second-order valence-electron chi connectivity index (χ2n) is 10.2. The van der Waals surface area contributed by atoms with Crippen LogP contribution in [0.25, 0.3) is 0 Å². The van der Waals surface area contributed by atoms with E-state index in [1.165, 1.54) is 20.1 Å². The fourth-order valence-electron chi connectivity index (χ4n) is 5.26. The third kappa shape index (κ3) is 5.51.